The molecule has 1 saturated heterocycles. The molecule has 172 valence electrons. The molecule has 1 N–H and O–H groups in total. The third kappa shape index (κ3) is 5.17. The number of carbonyl (C=O) groups excluding carboxylic acids is 1. The van der Waals surface area contributed by atoms with Crippen LogP contribution in [0.3, 0.4) is 0 Å². The fourth-order valence-corrected chi connectivity index (χ4v) is 4.37. The quantitative estimate of drug-likeness (QED) is 0.472. The summed E-state index contributed by atoms with van der Waals surface area (Å²) >= 11 is 0. The van der Waals surface area contributed by atoms with Gasteiger partial charge in [0, 0.05) is 55.6 Å². The summed E-state index contributed by atoms with van der Waals surface area (Å²) in [6.07, 6.45) is 11.8. The number of benzene rings is 1. The molecule has 3 aromatic heterocycles. The number of pyridine rings is 1. The van der Waals surface area contributed by atoms with Crippen LogP contribution in [0.25, 0.3) is 11.5 Å². The van der Waals surface area contributed by atoms with Crippen LogP contribution in [0, 0.1) is 11.7 Å². The topological polar surface area (TPSA) is 87.7 Å². The number of H-pyrrole nitrogens is 1. The number of amides is 1. The largest absolute Gasteiger partial charge is 0.343 e. The van der Waals surface area contributed by atoms with Gasteiger partial charge in [-0.05, 0) is 55.0 Å². The molecule has 5 rings (SSSR count). The Morgan fingerprint density at radius 1 is 1.00 bits per heavy atom. The van der Waals surface area contributed by atoms with Gasteiger partial charge in [-0.3, -0.25) is 14.8 Å². The molecule has 0 unspecified atom stereocenters. The molecule has 0 bridgehead atoms. The first-order chi connectivity index (χ1) is 16.6. The van der Waals surface area contributed by atoms with Crippen molar-refractivity contribution in [2.24, 2.45) is 5.92 Å². The summed E-state index contributed by atoms with van der Waals surface area (Å²) in [6, 6.07) is 10.0. The van der Waals surface area contributed by atoms with Crippen LogP contribution in [-0.2, 0) is 12.8 Å². The number of nitrogens with zero attached hydrogens (tertiary/aromatic N) is 5. The second kappa shape index (κ2) is 9.91. The number of likely N-dealkylation sites (tertiary alicyclic amines) is 1. The lowest BCUT2D eigenvalue weighted by atomic mass is 9.92. The summed E-state index contributed by atoms with van der Waals surface area (Å²) in [4.78, 5) is 35.6. The van der Waals surface area contributed by atoms with E-state index in [2.05, 4.69) is 24.9 Å². The zero-order chi connectivity index (χ0) is 23.3. The van der Waals surface area contributed by atoms with E-state index in [9.17, 15) is 9.18 Å². The Labute approximate surface area is 197 Å². The Hall–Kier alpha value is -3.94. The van der Waals surface area contributed by atoms with E-state index in [1.165, 1.54) is 12.1 Å². The van der Waals surface area contributed by atoms with Gasteiger partial charge in [-0.15, -0.1) is 0 Å². The molecule has 0 aliphatic carbocycles. The van der Waals surface area contributed by atoms with Crippen LogP contribution < -0.4 is 0 Å². The number of imidazole rings is 1. The number of rotatable bonds is 6. The van der Waals surface area contributed by atoms with E-state index < -0.39 is 0 Å². The minimum absolute atomic E-state index is 0.0175. The molecule has 34 heavy (non-hydrogen) atoms. The molecule has 4 aromatic rings. The van der Waals surface area contributed by atoms with E-state index in [1.807, 2.05) is 23.2 Å². The summed E-state index contributed by atoms with van der Waals surface area (Å²) in [5.41, 5.74) is 3.89. The molecular weight excluding hydrogens is 431 g/mol. The Morgan fingerprint density at radius 3 is 2.62 bits per heavy atom. The molecule has 1 amide bonds. The summed E-state index contributed by atoms with van der Waals surface area (Å²) in [7, 11) is 0. The normalized spacial score (nSPS) is 14.3. The molecule has 1 aliphatic rings. The maximum atomic E-state index is 13.5. The zero-order valence-electron chi connectivity index (χ0n) is 18.7. The maximum Gasteiger partial charge on any atom is 0.253 e. The number of aromatic nitrogens is 5. The Kier molecular flexibility index (Phi) is 6.38. The van der Waals surface area contributed by atoms with Crippen molar-refractivity contribution in [3.63, 3.8) is 0 Å². The van der Waals surface area contributed by atoms with Gasteiger partial charge >= 0.3 is 0 Å². The van der Waals surface area contributed by atoms with Crippen molar-refractivity contribution in [1.29, 1.82) is 0 Å². The Bertz CT molecular complexity index is 1250. The number of aromatic amines is 1. The average Bonchev–Trinajstić information content (AvgIpc) is 3.40. The summed E-state index contributed by atoms with van der Waals surface area (Å²) in [5, 5.41) is 0. The third-order valence-electron chi connectivity index (χ3n) is 6.18. The molecule has 8 heteroatoms. The van der Waals surface area contributed by atoms with Gasteiger partial charge in [-0.2, -0.15) is 0 Å². The van der Waals surface area contributed by atoms with Crippen molar-refractivity contribution < 1.29 is 9.18 Å². The van der Waals surface area contributed by atoms with Crippen LogP contribution in [0.15, 0.2) is 67.4 Å². The molecule has 1 aromatic carbocycles. The monoisotopic (exact) mass is 456 g/mol. The highest BCUT2D eigenvalue weighted by Gasteiger charge is 2.24. The number of nitrogens with one attached hydrogen (secondary N) is 1. The second-order valence-electron chi connectivity index (χ2n) is 8.61. The van der Waals surface area contributed by atoms with Gasteiger partial charge < -0.3 is 9.88 Å². The Morgan fingerprint density at radius 2 is 1.88 bits per heavy atom. The van der Waals surface area contributed by atoms with Crippen molar-refractivity contribution in [1.82, 2.24) is 29.8 Å². The lowest BCUT2D eigenvalue weighted by Crippen LogP contribution is -2.39. The SMILES string of the molecule is O=C(c1ccnc(Cc2cccc(F)c2)c1)N1CCC(Cc2cnc(-c3ncc[nH]3)cn2)CC1. The van der Waals surface area contributed by atoms with Gasteiger partial charge in [0.15, 0.2) is 5.82 Å². The van der Waals surface area contributed by atoms with Gasteiger partial charge in [0.2, 0.25) is 0 Å². The second-order valence-corrected chi connectivity index (χ2v) is 8.61. The molecule has 7 nitrogen and oxygen atoms in total. The minimum atomic E-state index is -0.271. The average molecular weight is 457 g/mol. The third-order valence-corrected chi connectivity index (χ3v) is 6.18. The van der Waals surface area contributed by atoms with E-state index in [0.29, 0.717) is 36.8 Å². The van der Waals surface area contributed by atoms with Gasteiger partial charge in [-0.1, -0.05) is 12.1 Å². The predicted molar refractivity (Wildman–Crippen MR) is 125 cm³/mol. The van der Waals surface area contributed by atoms with Crippen molar-refractivity contribution in [3.8, 4) is 11.5 Å². The lowest BCUT2D eigenvalue weighted by Gasteiger charge is -2.32. The fraction of sp³-hybridized carbons (Fsp3) is 0.269. The van der Waals surface area contributed by atoms with Crippen molar-refractivity contribution in [2.75, 3.05) is 13.1 Å². The molecule has 1 fully saturated rings. The predicted octanol–water partition coefficient (Wildman–Crippen LogP) is 4.09. The molecule has 1 aliphatic heterocycles. The lowest BCUT2D eigenvalue weighted by molar-refractivity contribution is 0.0690. The summed E-state index contributed by atoms with van der Waals surface area (Å²) < 4.78 is 13.5. The zero-order valence-corrected chi connectivity index (χ0v) is 18.7. The van der Waals surface area contributed by atoms with Gasteiger partial charge in [0.25, 0.3) is 5.91 Å². The number of piperidine rings is 1. The number of hydrogen-bond donors (Lipinski definition) is 1. The fourth-order valence-electron chi connectivity index (χ4n) is 4.37. The van der Waals surface area contributed by atoms with Crippen LogP contribution >= 0.6 is 0 Å². The van der Waals surface area contributed by atoms with Crippen LogP contribution in [0.1, 0.15) is 40.2 Å². The van der Waals surface area contributed by atoms with E-state index in [-0.39, 0.29) is 11.7 Å². The van der Waals surface area contributed by atoms with Crippen LogP contribution in [0.2, 0.25) is 0 Å². The van der Waals surface area contributed by atoms with Crippen LogP contribution in [0.4, 0.5) is 4.39 Å². The molecule has 0 saturated carbocycles. The molecule has 4 heterocycles. The van der Waals surface area contributed by atoms with E-state index in [0.717, 1.165) is 41.9 Å². The first-order valence-corrected chi connectivity index (χ1v) is 11.4. The van der Waals surface area contributed by atoms with Crippen LogP contribution in [-0.4, -0.2) is 48.8 Å². The van der Waals surface area contributed by atoms with Crippen molar-refractivity contribution in [2.45, 2.75) is 25.7 Å². The van der Waals surface area contributed by atoms with Crippen molar-refractivity contribution in [3.05, 3.63) is 95.7 Å². The maximum absolute atomic E-state index is 13.5. The number of carbonyl (C=O) groups is 1. The summed E-state index contributed by atoms with van der Waals surface area (Å²) in [6.45, 7) is 1.42. The smallest absolute Gasteiger partial charge is 0.253 e. The van der Waals surface area contributed by atoms with Gasteiger partial charge in [0.05, 0.1) is 11.9 Å². The van der Waals surface area contributed by atoms with Gasteiger partial charge in [0.1, 0.15) is 11.5 Å². The molecular formula is C26H25FN6O. The van der Waals surface area contributed by atoms with Crippen molar-refractivity contribution >= 4 is 5.91 Å². The standard InChI is InChI=1S/C26H25FN6O/c27-21-3-1-2-19(12-21)14-22-15-20(4-7-28-22)26(34)33-10-5-18(6-11-33)13-23-16-32-24(17-31-23)25-29-8-9-30-25/h1-4,7-9,12,15-18H,5-6,10-11,13-14H2,(H,29,30). The molecule has 0 radical (unpaired) electrons. The molecule has 0 atom stereocenters. The highest BCUT2D eigenvalue weighted by Crippen LogP contribution is 2.23. The highest BCUT2D eigenvalue weighted by molar-refractivity contribution is 5.94. The van der Waals surface area contributed by atoms with Gasteiger partial charge in [-0.25, -0.2) is 14.4 Å². The Balaban J connectivity index is 1.16. The first kappa shape index (κ1) is 21.9. The summed E-state index contributed by atoms with van der Waals surface area (Å²) in [5.74, 6) is 0.922. The van der Waals surface area contributed by atoms with E-state index in [4.69, 9.17) is 0 Å². The number of halogens is 1. The first-order valence-electron chi connectivity index (χ1n) is 11.4. The highest BCUT2D eigenvalue weighted by atomic mass is 19.1. The molecule has 0 spiro atoms. The number of hydrogen-bond acceptors (Lipinski definition) is 5. The van der Waals surface area contributed by atoms with E-state index >= 15 is 0 Å². The van der Waals surface area contributed by atoms with E-state index in [1.54, 1.807) is 36.9 Å². The minimum Gasteiger partial charge on any atom is -0.343 e. The van der Waals surface area contributed by atoms with Crippen LogP contribution in [0.5, 0.6) is 0 Å².